The Kier molecular flexibility index (Phi) is 5.66. The van der Waals surface area contributed by atoms with Crippen molar-refractivity contribution >= 4 is 29.3 Å². The van der Waals surface area contributed by atoms with Crippen molar-refractivity contribution in [3.8, 4) is 0 Å². The van der Waals surface area contributed by atoms with Crippen molar-refractivity contribution < 1.29 is 4.79 Å². The highest BCUT2D eigenvalue weighted by Gasteiger charge is 2.28. The van der Waals surface area contributed by atoms with E-state index in [0.717, 1.165) is 42.6 Å². The first kappa shape index (κ1) is 16.2. The van der Waals surface area contributed by atoms with E-state index in [9.17, 15) is 4.79 Å². The number of nitrogens with zero attached hydrogens (tertiary/aromatic N) is 1. The minimum atomic E-state index is 0.199. The van der Waals surface area contributed by atoms with Gasteiger partial charge in [0, 0.05) is 29.5 Å². The molecule has 2 atom stereocenters. The number of halogens is 1. The van der Waals surface area contributed by atoms with Gasteiger partial charge in [0.15, 0.2) is 0 Å². The first-order chi connectivity index (χ1) is 10.7. The van der Waals surface area contributed by atoms with Crippen LogP contribution in [-0.2, 0) is 4.79 Å². The van der Waals surface area contributed by atoms with E-state index in [1.165, 1.54) is 12.0 Å². The summed E-state index contributed by atoms with van der Waals surface area (Å²) in [5, 5.41) is 4.12. The summed E-state index contributed by atoms with van der Waals surface area (Å²) >= 11 is 7.91. The van der Waals surface area contributed by atoms with E-state index in [1.807, 2.05) is 23.9 Å². The first-order valence-electron chi connectivity index (χ1n) is 8.07. The zero-order chi connectivity index (χ0) is 15.4. The van der Waals surface area contributed by atoms with Gasteiger partial charge in [0.1, 0.15) is 0 Å². The number of benzene rings is 1. The Morgan fingerprint density at radius 3 is 2.91 bits per heavy atom. The predicted molar refractivity (Wildman–Crippen MR) is 93.4 cm³/mol. The van der Waals surface area contributed by atoms with Crippen molar-refractivity contribution in [2.45, 2.75) is 25.3 Å². The van der Waals surface area contributed by atoms with Crippen LogP contribution in [0.25, 0.3) is 0 Å². The second-order valence-corrected chi connectivity index (χ2v) is 7.71. The Morgan fingerprint density at radius 2 is 2.18 bits per heavy atom. The van der Waals surface area contributed by atoms with Crippen LogP contribution in [0, 0.1) is 5.92 Å². The number of nitrogens with one attached hydrogen (secondary N) is 1. The topological polar surface area (TPSA) is 32.3 Å². The Morgan fingerprint density at radius 1 is 1.36 bits per heavy atom. The van der Waals surface area contributed by atoms with Crippen molar-refractivity contribution in [3.05, 3.63) is 34.9 Å². The maximum Gasteiger partial charge on any atom is 0.223 e. The average molecular weight is 339 g/mol. The van der Waals surface area contributed by atoms with E-state index in [4.69, 9.17) is 11.6 Å². The van der Waals surface area contributed by atoms with Gasteiger partial charge in [-0.15, -0.1) is 0 Å². The molecule has 1 aromatic carbocycles. The summed E-state index contributed by atoms with van der Waals surface area (Å²) in [5.74, 6) is 3.02. The third kappa shape index (κ3) is 3.98. The molecule has 1 amide bonds. The molecule has 2 aliphatic rings. The first-order valence-corrected chi connectivity index (χ1v) is 9.60. The molecule has 1 N–H and O–H groups in total. The second-order valence-electron chi connectivity index (χ2n) is 6.13. The highest BCUT2D eigenvalue weighted by atomic mass is 35.5. The maximum atomic E-state index is 12.7. The number of hydrogen-bond donors (Lipinski definition) is 1. The highest BCUT2D eigenvalue weighted by molar-refractivity contribution is 7.99. The lowest BCUT2D eigenvalue weighted by molar-refractivity contribution is -0.133. The summed E-state index contributed by atoms with van der Waals surface area (Å²) in [5.41, 5.74) is 1.20. The molecule has 5 heteroatoms. The molecule has 3 nitrogen and oxygen atoms in total. The molecule has 22 heavy (non-hydrogen) atoms. The lowest BCUT2D eigenvalue weighted by Crippen LogP contribution is -2.40. The Hall–Kier alpha value is -0.710. The van der Waals surface area contributed by atoms with Crippen LogP contribution in [-0.4, -0.2) is 41.9 Å². The van der Waals surface area contributed by atoms with E-state index in [1.54, 1.807) is 0 Å². The summed E-state index contributed by atoms with van der Waals surface area (Å²) in [7, 11) is 0. The third-order valence-corrected chi connectivity index (χ3v) is 5.91. The fraction of sp³-hybridized carbons (Fsp3) is 0.588. The molecule has 2 aliphatic heterocycles. The monoisotopic (exact) mass is 338 g/mol. The molecule has 120 valence electrons. The van der Waals surface area contributed by atoms with Crippen LogP contribution in [0.1, 0.15) is 30.9 Å². The van der Waals surface area contributed by atoms with Crippen LogP contribution in [0.5, 0.6) is 0 Å². The van der Waals surface area contributed by atoms with Gasteiger partial charge in [-0.3, -0.25) is 4.79 Å². The van der Waals surface area contributed by atoms with Crippen LogP contribution >= 0.6 is 23.4 Å². The molecule has 0 aromatic heterocycles. The van der Waals surface area contributed by atoms with Crippen molar-refractivity contribution in [1.29, 1.82) is 0 Å². The minimum Gasteiger partial charge on any atom is -0.334 e. The maximum absolute atomic E-state index is 12.7. The normalized spacial score (nSPS) is 25.4. The average Bonchev–Trinajstić information content (AvgIpc) is 3.07. The van der Waals surface area contributed by atoms with Gasteiger partial charge in [0.05, 0.1) is 6.04 Å². The van der Waals surface area contributed by atoms with E-state index in [-0.39, 0.29) is 6.04 Å². The third-order valence-electron chi connectivity index (χ3n) is 4.63. The molecule has 2 heterocycles. The van der Waals surface area contributed by atoms with Gasteiger partial charge in [0.25, 0.3) is 0 Å². The van der Waals surface area contributed by atoms with Gasteiger partial charge in [-0.25, -0.2) is 0 Å². The number of rotatable bonds is 4. The molecule has 2 saturated heterocycles. The molecule has 0 radical (unpaired) electrons. The zero-order valence-electron chi connectivity index (χ0n) is 12.8. The summed E-state index contributed by atoms with van der Waals surface area (Å²) in [6.07, 6.45) is 2.91. The SMILES string of the molecule is O=C(CCC1CCNC1)N1CCSCC1c1ccc(Cl)cc1. The quantitative estimate of drug-likeness (QED) is 0.913. The Bertz CT molecular complexity index is 502. The van der Waals surface area contributed by atoms with Gasteiger partial charge in [-0.2, -0.15) is 11.8 Å². The number of carbonyl (C=O) groups is 1. The molecule has 1 aromatic rings. The van der Waals surface area contributed by atoms with E-state index >= 15 is 0 Å². The highest BCUT2D eigenvalue weighted by Crippen LogP contribution is 2.31. The zero-order valence-corrected chi connectivity index (χ0v) is 14.3. The van der Waals surface area contributed by atoms with E-state index < -0.39 is 0 Å². The largest absolute Gasteiger partial charge is 0.334 e. The van der Waals surface area contributed by atoms with Crippen LogP contribution in [0.3, 0.4) is 0 Å². The van der Waals surface area contributed by atoms with Gasteiger partial charge >= 0.3 is 0 Å². The summed E-state index contributed by atoms with van der Waals surface area (Å²) < 4.78 is 0. The van der Waals surface area contributed by atoms with Crippen LogP contribution in [0.4, 0.5) is 0 Å². The molecule has 2 fully saturated rings. The molecule has 0 bridgehead atoms. The number of amides is 1. The number of carbonyl (C=O) groups excluding carboxylic acids is 1. The van der Waals surface area contributed by atoms with E-state index in [0.29, 0.717) is 18.2 Å². The van der Waals surface area contributed by atoms with Crippen molar-refractivity contribution in [2.75, 3.05) is 31.1 Å². The fourth-order valence-electron chi connectivity index (χ4n) is 3.30. The number of thioether (sulfide) groups is 1. The lowest BCUT2D eigenvalue weighted by Gasteiger charge is -2.36. The molecular formula is C17H23ClN2OS. The molecular weight excluding hydrogens is 316 g/mol. The second kappa shape index (κ2) is 7.71. The smallest absolute Gasteiger partial charge is 0.223 e. The van der Waals surface area contributed by atoms with Gasteiger partial charge < -0.3 is 10.2 Å². The van der Waals surface area contributed by atoms with Gasteiger partial charge in [-0.05, 0) is 49.5 Å². The van der Waals surface area contributed by atoms with Crippen molar-refractivity contribution in [1.82, 2.24) is 10.2 Å². The van der Waals surface area contributed by atoms with Crippen molar-refractivity contribution in [2.24, 2.45) is 5.92 Å². The molecule has 0 saturated carbocycles. The number of hydrogen-bond acceptors (Lipinski definition) is 3. The van der Waals surface area contributed by atoms with Crippen molar-refractivity contribution in [3.63, 3.8) is 0 Å². The molecule has 0 aliphatic carbocycles. The fourth-order valence-corrected chi connectivity index (χ4v) is 4.51. The van der Waals surface area contributed by atoms with Crippen LogP contribution in [0.15, 0.2) is 24.3 Å². The van der Waals surface area contributed by atoms with Crippen LogP contribution < -0.4 is 5.32 Å². The van der Waals surface area contributed by atoms with Gasteiger partial charge in [-0.1, -0.05) is 23.7 Å². The Labute approximate surface area is 141 Å². The Balaban J connectivity index is 1.63. The lowest BCUT2D eigenvalue weighted by atomic mass is 10.0. The predicted octanol–water partition coefficient (Wildman–Crippen LogP) is 3.35. The minimum absolute atomic E-state index is 0.199. The summed E-state index contributed by atoms with van der Waals surface area (Å²) in [6, 6.07) is 8.15. The van der Waals surface area contributed by atoms with Gasteiger partial charge in [0.2, 0.25) is 5.91 Å². The molecule has 0 spiro atoms. The van der Waals surface area contributed by atoms with Crippen LogP contribution in [0.2, 0.25) is 5.02 Å². The molecule has 3 rings (SSSR count). The summed E-state index contributed by atoms with van der Waals surface area (Å²) in [4.78, 5) is 14.8. The van der Waals surface area contributed by atoms with E-state index in [2.05, 4.69) is 22.3 Å². The standard InChI is InChI=1S/C17H23ClN2OS/c18-15-4-2-14(3-5-15)16-12-22-10-9-20(16)17(21)6-1-13-7-8-19-11-13/h2-5,13,16,19H,1,6-12H2. The molecule has 2 unspecified atom stereocenters. The summed E-state index contributed by atoms with van der Waals surface area (Å²) in [6.45, 7) is 3.04.